The van der Waals surface area contributed by atoms with Crippen molar-refractivity contribution in [2.45, 2.75) is 44.2 Å². The Morgan fingerprint density at radius 1 is 0.979 bits per heavy atom. The number of anilines is 1. The third-order valence-corrected chi connectivity index (χ3v) is 12.6. The molecule has 0 aliphatic carbocycles. The maximum absolute atomic E-state index is 13.9. The molecule has 2 aliphatic rings. The third kappa shape index (κ3) is 5.87. The Morgan fingerprint density at radius 3 is 2.40 bits per heavy atom. The van der Waals surface area contributed by atoms with Crippen molar-refractivity contribution in [1.29, 1.82) is 0 Å². The van der Waals surface area contributed by atoms with Crippen LogP contribution in [0.25, 0.3) is 31.4 Å². The first-order valence-corrected chi connectivity index (χ1v) is 18.7. The van der Waals surface area contributed by atoms with E-state index in [1.807, 2.05) is 39.1 Å². The van der Waals surface area contributed by atoms with E-state index in [1.165, 1.54) is 3.97 Å². The van der Waals surface area contributed by atoms with Gasteiger partial charge in [0.2, 0.25) is 5.91 Å². The number of pyridine rings is 2. The Labute approximate surface area is 285 Å². The fraction of sp³-hybridized carbons (Fsp3) is 0.400. The van der Waals surface area contributed by atoms with Gasteiger partial charge in [0, 0.05) is 83.6 Å². The van der Waals surface area contributed by atoms with Gasteiger partial charge in [0.05, 0.1) is 41.1 Å². The molecule has 2 saturated heterocycles. The molecule has 11 nitrogen and oxygen atoms in total. The Kier molecular flexibility index (Phi) is 8.75. The standard InChI is InChI=1S/C35H41N7O4S2/c1-4-25-19-27-29(21-37-22-30(27)42(25)48(44,45)26-8-6-5-7-9-26)32-20-28-31(47-32)18-24(38-33(28)40-14-16-46-17-15-40)23-39-10-12-41(13-11-39)35(2,3)34(36)43/h5-9,18-22H,4,10-17,23H2,1-3H3,(H2,36,43). The molecular formula is C35H41N7O4S2. The van der Waals surface area contributed by atoms with Crippen LogP contribution in [0.2, 0.25) is 0 Å². The molecule has 0 bridgehead atoms. The lowest BCUT2D eigenvalue weighted by Crippen LogP contribution is -2.59. The minimum absolute atomic E-state index is 0.246. The van der Waals surface area contributed by atoms with Crippen molar-refractivity contribution in [3.05, 3.63) is 72.3 Å². The van der Waals surface area contributed by atoms with Crippen LogP contribution in [0.1, 0.15) is 32.2 Å². The molecule has 2 N–H and O–H groups in total. The summed E-state index contributed by atoms with van der Waals surface area (Å²) < 4.78 is 36.0. The second kappa shape index (κ2) is 12.9. The molecular weight excluding hydrogens is 647 g/mol. The van der Waals surface area contributed by atoms with Gasteiger partial charge in [-0.2, -0.15) is 0 Å². The van der Waals surface area contributed by atoms with Crippen LogP contribution in [0.15, 0.2) is 65.8 Å². The van der Waals surface area contributed by atoms with E-state index in [0.29, 0.717) is 37.4 Å². The van der Waals surface area contributed by atoms with Gasteiger partial charge < -0.3 is 15.4 Å². The van der Waals surface area contributed by atoms with Crippen molar-refractivity contribution in [3.8, 4) is 10.4 Å². The minimum Gasteiger partial charge on any atom is -0.378 e. The summed E-state index contributed by atoms with van der Waals surface area (Å²) in [6.07, 6.45) is 4.03. The summed E-state index contributed by atoms with van der Waals surface area (Å²) in [5.74, 6) is 0.637. The molecule has 5 aromatic rings. The number of aromatic nitrogens is 3. The number of rotatable bonds is 9. The molecule has 6 heterocycles. The number of primary amides is 1. The zero-order chi connectivity index (χ0) is 33.6. The van der Waals surface area contributed by atoms with Crippen LogP contribution < -0.4 is 10.6 Å². The highest BCUT2D eigenvalue weighted by Crippen LogP contribution is 2.41. The first-order valence-electron chi connectivity index (χ1n) is 16.4. The zero-order valence-electron chi connectivity index (χ0n) is 27.6. The molecule has 4 aromatic heterocycles. The van der Waals surface area contributed by atoms with Crippen molar-refractivity contribution in [3.63, 3.8) is 0 Å². The number of hydrogen-bond donors (Lipinski definition) is 1. The number of thiophene rings is 1. The molecule has 0 atom stereocenters. The number of fused-ring (bicyclic) bond motifs is 2. The molecule has 252 valence electrons. The highest BCUT2D eigenvalue weighted by molar-refractivity contribution is 7.90. The van der Waals surface area contributed by atoms with Gasteiger partial charge in [0.15, 0.2) is 0 Å². The number of nitrogens with zero attached hydrogens (tertiary/aromatic N) is 6. The number of piperazine rings is 1. The summed E-state index contributed by atoms with van der Waals surface area (Å²) >= 11 is 1.68. The summed E-state index contributed by atoms with van der Waals surface area (Å²) in [6.45, 7) is 12.4. The maximum Gasteiger partial charge on any atom is 0.268 e. The second-order valence-corrected chi connectivity index (χ2v) is 15.8. The lowest BCUT2D eigenvalue weighted by Gasteiger charge is -2.42. The molecule has 48 heavy (non-hydrogen) atoms. The lowest BCUT2D eigenvalue weighted by atomic mass is 10.0. The molecule has 0 radical (unpaired) electrons. The van der Waals surface area contributed by atoms with Gasteiger partial charge in [-0.3, -0.25) is 19.6 Å². The molecule has 0 unspecified atom stereocenters. The molecule has 7 rings (SSSR count). The number of ether oxygens (including phenoxy) is 1. The van der Waals surface area contributed by atoms with E-state index in [0.717, 1.165) is 76.7 Å². The Morgan fingerprint density at radius 2 is 1.71 bits per heavy atom. The lowest BCUT2D eigenvalue weighted by molar-refractivity contribution is -0.129. The van der Waals surface area contributed by atoms with Crippen molar-refractivity contribution < 1.29 is 17.9 Å². The number of carbonyl (C=O) groups excluding carboxylic acids is 1. The number of amides is 1. The van der Waals surface area contributed by atoms with Gasteiger partial charge in [0.25, 0.3) is 10.0 Å². The van der Waals surface area contributed by atoms with Crippen LogP contribution in [0, 0.1) is 0 Å². The van der Waals surface area contributed by atoms with Gasteiger partial charge >= 0.3 is 0 Å². The molecule has 0 saturated carbocycles. The van der Waals surface area contributed by atoms with E-state index in [1.54, 1.807) is 41.8 Å². The van der Waals surface area contributed by atoms with Gasteiger partial charge in [-0.15, -0.1) is 11.3 Å². The number of hydrogen-bond acceptors (Lipinski definition) is 10. The quantitative estimate of drug-likeness (QED) is 0.241. The number of benzene rings is 1. The molecule has 0 spiro atoms. The Bertz CT molecular complexity index is 2080. The van der Waals surface area contributed by atoms with E-state index in [4.69, 9.17) is 15.5 Å². The predicted octanol–water partition coefficient (Wildman–Crippen LogP) is 4.33. The largest absolute Gasteiger partial charge is 0.378 e. The second-order valence-electron chi connectivity index (χ2n) is 12.9. The highest BCUT2D eigenvalue weighted by atomic mass is 32.2. The number of morpholine rings is 1. The number of nitrogens with two attached hydrogens (primary N) is 1. The first kappa shape index (κ1) is 32.7. The maximum atomic E-state index is 13.9. The average molecular weight is 688 g/mol. The summed E-state index contributed by atoms with van der Waals surface area (Å²) in [7, 11) is -3.82. The Balaban J connectivity index is 1.27. The van der Waals surface area contributed by atoms with Crippen molar-refractivity contribution >= 4 is 54.1 Å². The average Bonchev–Trinajstić information content (AvgIpc) is 3.71. The summed E-state index contributed by atoms with van der Waals surface area (Å²) in [5.41, 5.74) is 8.17. The zero-order valence-corrected chi connectivity index (χ0v) is 29.2. The summed E-state index contributed by atoms with van der Waals surface area (Å²) in [5, 5.41) is 1.92. The summed E-state index contributed by atoms with van der Waals surface area (Å²) in [4.78, 5) is 29.9. The van der Waals surface area contributed by atoms with Crippen LogP contribution in [-0.2, 0) is 32.5 Å². The normalized spacial score (nSPS) is 17.0. The fourth-order valence-corrected chi connectivity index (χ4v) is 9.47. The summed E-state index contributed by atoms with van der Waals surface area (Å²) in [6, 6.07) is 14.9. The first-order chi connectivity index (χ1) is 23.1. The van der Waals surface area contributed by atoms with Crippen molar-refractivity contribution in [1.82, 2.24) is 23.7 Å². The van der Waals surface area contributed by atoms with E-state index in [-0.39, 0.29) is 10.8 Å². The van der Waals surface area contributed by atoms with Gasteiger partial charge in [-0.05, 0) is 50.6 Å². The van der Waals surface area contributed by atoms with Crippen LogP contribution in [0.5, 0.6) is 0 Å². The molecule has 2 aliphatic heterocycles. The van der Waals surface area contributed by atoms with E-state index < -0.39 is 15.6 Å². The highest BCUT2D eigenvalue weighted by Gasteiger charge is 2.35. The molecule has 13 heteroatoms. The van der Waals surface area contributed by atoms with E-state index >= 15 is 0 Å². The smallest absolute Gasteiger partial charge is 0.268 e. The Hall–Kier alpha value is -3.88. The van der Waals surface area contributed by atoms with E-state index in [2.05, 4.69) is 31.8 Å². The monoisotopic (exact) mass is 687 g/mol. The van der Waals surface area contributed by atoms with Crippen molar-refractivity contribution in [2.24, 2.45) is 5.73 Å². The third-order valence-electron chi connectivity index (χ3n) is 9.68. The number of carbonyl (C=O) groups is 1. The predicted molar refractivity (Wildman–Crippen MR) is 190 cm³/mol. The minimum atomic E-state index is -3.82. The SMILES string of the molecule is CCc1cc2c(-c3cc4c(N5CCOCC5)nc(CN5CCN(C(C)(C)C(N)=O)CC5)cc4s3)cncc2n1S(=O)(=O)c1ccccc1. The number of aryl methyl sites for hydroxylation is 1. The fourth-order valence-electron chi connectivity index (χ4n) is 6.72. The molecule has 1 amide bonds. The van der Waals surface area contributed by atoms with Crippen LogP contribution in [-0.4, -0.2) is 96.1 Å². The topological polar surface area (TPSA) is 127 Å². The van der Waals surface area contributed by atoms with Gasteiger partial charge in [0.1, 0.15) is 5.82 Å². The van der Waals surface area contributed by atoms with Crippen molar-refractivity contribution in [2.75, 3.05) is 57.4 Å². The van der Waals surface area contributed by atoms with Gasteiger partial charge in [-0.1, -0.05) is 25.1 Å². The molecule has 2 fully saturated rings. The van der Waals surface area contributed by atoms with Crippen LogP contribution in [0.4, 0.5) is 5.82 Å². The van der Waals surface area contributed by atoms with Gasteiger partial charge in [-0.25, -0.2) is 17.4 Å². The molecule has 1 aromatic carbocycles. The van der Waals surface area contributed by atoms with E-state index in [9.17, 15) is 13.2 Å². The van der Waals surface area contributed by atoms with Crippen LogP contribution >= 0.6 is 11.3 Å². The van der Waals surface area contributed by atoms with Crippen LogP contribution in [0.3, 0.4) is 0 Å².